The molecular formula is C13H24N2O2. The van der Waals surface area contributed by atoms with Crippen LogP contribution in [-0.2, 0) is 9.59 Å². The SMILES string of the molecule is CCC(C)CC(CC)NC1CCC(=O)NC1=O. The van der Waals surface area contributed by atoms with Crippen molar-refractivity contribution in [1.82, 2.24) is 10.6 Å². The fraction of sp³-hybridized carbons (Fsp3) is 0.846. The van der Waals surface area contributed by atoms with Crippen molar-refractivity contribution in [3.8, 4) is 0 Å². The molecule has 3 atom stereocenters. The molecule has 2 amide bonds. The van der Waals surface area contributed by atoms with Crippen molar-refractivity contribution in [3.63, 3.8) is 0 Å². The van der Waals surface area contributed by atoms with Gasteiger partial charge in [-0.05, 0) is 25.2 Å². The van der Waals surface area contributed by atoms with E-state index in [1.54, 1.807) is 0 Å². The highest BCUT2D eigenvalue weighted by atomic mass is 16.2. The fourth-order valence-electron chi connectivity index (χ4n) is 2.14. The minimum Gasteiger partial charge on any atom is -0.303 e. The van der Waals surface area contributed by atoms with E-state index >= 15 is 0 Å². The summed E-state index contributed by atoms with van der Waals surface area (Å²) in [4.78, 5) is 22.7. The Balaban J connectivity index is 2.44. The number of piperidine rings is 1. The Morgan fingerprint density at radius 3 is 2.59 bits per heavy atom. The van der Waals surface area contributed by atoms with Crippen LogP contribution in [0.3, 0.4) is 0 Å². The minimum atomic E-state index is -0.193. The molecule has 0 aromatic heterocycles. The third kappa shape index (κ3) is 4.46. The van der Waals surface area contributed by atoms with Gasteiger partial charge in [-0.15, -0.1) is 0 Å². The highest BCUT2D eigenvalue weighted by Gasteiger charge is 2.28. The van der Waals surface area contributed by atoms with Crippen LogP contribution in [0.1, 0.15) is 52.9 Å². The number of imide groups is 1. The maximum Gasteiger partial charge on any atom is 0.243 e. The van der Waals surface area contributed by atoms with Gasteiger partial charge in [-0.3, -0.25) is 14.9 Å². The molecule has 0 aromatic rings. The van der Waals surface area contributed by atoms with Gasteiger partial charge in [-0.25, -0.2) is 0 Å². The zero-order valence-electron chi connectivity index (χ0n) is 11.1. The van der Waals surface area contributed by atoms with Gasteiger partial charge in [0.25, 0.3) is 0 Å². The highest BCUT2D eigenvalue weighted by molar-refractivity contribution is 6.00. The van der Waals surface area contributed by atoms with Crippen LogP contribution in [0.15, 0.2) is 0 Å². The van der Waals surface area contributed by atoms with Gasteiger partial charge in [0.05, 0.1) is 6.04 Å². The van der Waals surface area contributed by atoms with Crippen molar-refractivity contribution in [3.05, 3.63) is 0 Å². The second-order valence-corrected chi connectivity index (χ2v) is 5.02. The van der Waals surface area contributed by atoms with E-state index in [-0.39, 0.29) is 17.9 Å². The number of nitrogens with one attached hydrogen (secondary N) is 2. The van der Waals surface area contributed by atoms with Gasteiger partial charge in [0, 0.05) is 12.5 Å². The average molecular weight is 240 g/mol. The third-order valence-electron chi connectivity index (χ3n) is 3.55. The first-order valence-electron chi connectivity index (χ1n) is 6.66. The summed E-state index contributed by atoms with van der Waals surface area (Å²) in [6, 6.07) is 0.176. The third-order valence-corrected chi connectivity index (χ3v) is 3.55. The topological polar surface area (TPSA) is 58.2 Å². The molecule has 4 heteroatoms. The molecule has 1 saturated heterocycles. The number of amides is 2. The Kier molecular flexibility index (Phi) is 5.62. The van der Waals surface area contributed by atoms with Crippen LogP contribution in [0.4, 0.5) is 0 Å². The Bertz CT molecular complexity index is 279. The summed E-state index contributed by atoms with van der Waals surface area (Å²) in [5, 5.41) is 5.76. The second-order valence-electron chi connectivity index (χ2n) is 5.02. The quantitative estimate of drug-likeness (QED) is 0.693. The first kappa shape index (κ1) is 14.2. The molecule has 0 bridgehead atoms. The van der Waals surface area contributed by atoms with E-state index in [1.165, 1.54) is 0 Å². The maximum absolute atomic E-state index is 11.6. The molecular weight excluding hydrogens is 216 g/mol. The molecule has 0 aromatic carbocycles. The van der Waals surface area contributed by atoms with Crippen molar-refractivity contribution < 1.29 is 9.59 Å². The van der Waals surface area contributed by atoms with Crippen LogP contribution in [0, 0.1) is 5.92 Å². The van der Waals surface area contributed by atoms with Gasteiger partial charge in [0.2, 0.25) is 11.8 Å². The van der Waals surface area contributed by atoms with Gasteiger partial charge < -0.3 is 5.32 Å². The van der Waals surface area contributed by atoms with E-state index in [9.17, 15) is 9.59 Å². The first-order chi connectivity index (χ1) is 8.06. The zero-order valence-corrected chi connectivity index (χ0v) is 11.1. The van der Waals surface area contributed by atoms with Crippen molar-refractivity contribution in [1.29, 1.82) is 0 Å². The standard InChI is InChI=1S/C13H24N2O2/c1-4-9(3)8-10(5-2)14-11-6-7-12(16)15-13(11)17/h9-11,14H,4-8H2,1-3H3,(H,15,16,17). The highest BCUT2D eigenvalue weighted by Crippen LogP contribution is 2.14. The molecule has 0 aliphatic carbocycles. The van der Waals surface area contributed by atoms with Gasteiger partial charge >= 0.3 is 0 Å². The maximum atomic E-state index is 11.6. The molecule has 17 heavy (non-hydrogen) atoms. The Morgan fingerprint density at radius 2 is 2.06 bits per heavy atom. The molecule has 1 aliphatic heterocycles. The molecule has 98 valence electrons. The van der Waals surface area contributed by atoms with Gasteiger partial charge in [-0.2, -0.15) is 0 Å². The Labute approximate surface area is 104 Å². The van der Waals surface area contributed by atoms with Crippen LogP contribution >= 0.6 is 0 Å². The second kappa shape index (κ2) is 6.74. The van der Waals surface area contributed by atoms with Crippen molar-refractivity contribution in [2.75, 3.05) is 0 Å². The van der Waals surface area contributed by atoms with E-state index < -0.39 is 0 Å². The van der Waals surface area contributed by atoms with E-state index in [0.29, 0.717) is 24.8 Å². The summed E-state index contributed by atoms with van der Waals surface area (Å²) in [7, 11) is 0. The molecule has 1 rings (SSSR count). The van der Waals surface area contributed by atoms with Crippen molar-refractivity contribution in [2.45, 2.75) is 65.0 Å². The van der Waals surface area contributed by atoms with Gasteiger partial charge in [0.1, 0.15) is 0 Å². The molecule has 0 radical (unpaired) electrons. The number of hydrogen-bond acceptors (Lipinski definition) is 3. The molecule has 4 nitrogen and oxygen atoms in total. The molecule has 3 unspecified atom stereocenters. The number of rotatable bonds is 6. The van der Waals surface area contributed by atoms with Crippen molar-refractivity contribution in [2.24, 2.45) is 5.92 Å². The fourth-order valence-corrected chi connectivity index (χ4v) is 2.14. The lowest BCUT2D eigenvalue weighted by atomic mass is 9.96. The van der Waals surface area contributed by atoms with Crippen LogP contribution in [-0.4, -0.2) is 23.9 Å². The summed E-state index contributed by atoms with van der Waals surface area (Å²) in [6.45, 7) is 6.55. The zero-order chi connectivity index (χ0) is 12.8. The number of carbonyl (C=O) groups is 2. The molecule has 1 fully saturated rings. The first-order valence-corrected chi connectivity index (χ1v) is 6.66. The predicted molar refractivity (Wildman–Crippen MR) is 67.5 cm³/mol. The lowest BCUT2D eigenvalue weighted by Crippen LogP contribution is -2.53. The van der Waals surface area contributed by atoms with E-state index in [0.717, 1.165) is 19.3 Å². The number of hydrogen-bond donors (Lipinski definition) is 2. The van der Waals surface area contributed by atoms with E-state index in [4.69, 9.17) is 0 Å². The van der Waals surface area contributed by atoms with Crippen LogP contribution in [0.5, 0.6) is 0 Å². The van der Waals surface area contributed by atoms with Crippen molar-refractivity contribution >= 4 is 11.8 Å². The van der Waals surface area contributed by atoms with Crippen LogP contribution in [0.25, 0.3) is 0 Å². The summed E-state index contributed by atoms with van der Waals surface area (Å²) in [6.07, 6.45) is 4.34. The Hall–Kier alpha value is -0.900. The largest absolute Gasteiger partial charge is 0.303 e. The van der Waals surface area contributed by atoms with Crippen LogP contribution < -0.4 is 10.6 Å². The Morgan fingerprint density at radius 1 is 1.35 bits per heavy atom. The molecule has 1 heterocycles. The molecule has 2 N–H and O–H groups in total. The average Bonchev–Trinajstić information content (AvgIpc) is 2.31. The molecule has 1 aliphatic rings. The van der Waals surface area contributed by atoms with E-state index in [2.05, 4.69) is 31.4 Å². The number of carbonyl (C=O) groups excluding carboxylic acids is 2. The smallest absolute Gasteiger partial charge is 0.243 e. The summed E-state index contributed by atoms with van der Waals surface area (Å²) >= 11 is 0. The summed E-state index contributed by atoms with van der Waals surface area (Å²) < 4.78 is 0. The predicted octanol–water partition coefficient (Wildman–Crippen LogP) is 1.60. The van der Waals surface area contributed by atoms with E-state index in [1.807, 2.05) is 0 Å². The monoisotopic (exact) mass is 240 g/mol. The minimum absolute atomic E-state index is 0.150. The lowest BCUT2D eigenvalue weighted by molar-refractivity contribution is -0.134. The molecule has 0 spiro atoms. The molecule has 0 saturated carbocycles. The summed E-state index contributed by atoms with van der Waals surface area (Å²) in [5.74, 6) is 0.354. The van der Waals surface area contributed by atoms with Crippen LogP contribution in [0.2, 0.25) is 0 Å². The lowest BCUT2D eigenvalue weighted by Gasteiger charge is -2.28. The summed E-state index contributed by atoms with van der Waals surface area (Å²) in [5.41, 5.74) is 0. The van der Waals surface area contributed by atoms with Gasteiger partial charge in [-0.1, -0.05) is 27.2 Å². The normalized spacial score (nSPS) is 24.3. The van der Waals surface area contributed by atoms with Gasteiger partial charge in [0.15, 0.2) is 0 Å².